The zero-order valence-corrected chi connectivity index (χ0v) is 32.3. The number of fused-ring (bicyclic) bond motifs is 1. The molecular formula is C38H66O8P2. The van der Waals surface area contributed by atoms with Gasteiger partial charge in [0.1, 0.15) is 0 Å². The molecule has 3 unspecified atom stereocenters. The first-order chi connectivity index (χ1) is 23.1. The van der Waals surface area contributed by atoms with Crippen LogP contribution in [0.2, 0.25) is 0 Å². The second-order valence-corrected chi connectivity index (χ2v) is 16.7. The zero-order valence-electron chi connectivity index (χ0n) is 30.3. The van der Waals surface area contributed by atoms with Gasteiger partial charge in [-0.05, 0) is 117 Å². The highest BCUT2D eigenvalue weighted by atomic mass is 31.1. The summed E-state index contributed by atoms with van der Waals surface area (Å²) in [5, 5.41) is 20.5. The average molecular weight is 713 g/mol. The molecule has 3 aliphatic carbocycles. The predicted molar refractivity (Wildman–Crippen MR) is 197 cm³/mol. The lowest BCUT2D eigenvalue weighted by atomic mass is 9.61. The van der Waals surface area contributed by atoms with Crippen LogP contribution >= 0.6 is 16.5 Å². The van der Waals surface area contributed by atoms with Crippen molar-refractivity contribution in [3.63, 3.8) is 0 Å². The second-order valence-electron chi connectivity index (χ2n) is 14.6. The molecule has 3 aliphatic rings. The van der Waals surface area contributed by atoms with E-state index in [0.29, 0.717) is 62.9 Å². The van der Waals surface area contributed by atoms with E-state index in [4.69, 9.17) is 18.1 Å². The maximum absolute atomic E-state index is 11.9. The molecule has 0 amide bonds. The largest absolute Gasteiger partial charge is 0.393 e. The predicted octanol–water partition coefficient (Wildman–Crippen LogP) is 9.94. The Labute approximate surface area is 292 Å². The molecule has 48 heavy (non-hydrogen) atoms. The van der Waals surface area contributed by atoms with Crippen LogP contribution in [0.5, 0.6) is 0 Å². The molecule has 10 heteroatoms. The first-order valence-corrected chi connectivity index (χ1v) is 21.3. The SMILES string of the molecule is C=C1C(=CC=C2CCC[C@@]3(C)C2CC[C@@H]3[C@H](C)C=CC(CCCCO[PH](=O)OCCC)CCCCO[PH](=O)OCCC)C[C@@H](O)C[C@@H]1O. The third kappa shape index (κ3) is 13.4. The second kappa shape index (κ2) is 22.2. The Morgan fingerprint density at radius 1 is 0.896 bits per heavy atom. The molecule has 3 rings (SSSR count). The van der Waals surface area contributed by atoms with Crippen LogP contribution in [-0.2, 0) is 27.2 Å². The van der Waals surface area contributed by atoms with Gasteiger partial charge in [-0.15, -0.1) is 0 Å². The Kier molecular flexibility index (Phi) is 19.2. The number of unbranched alkanes of at least 4 members (excludes halogenated alkanes) is 2. The molecule has 0 saturated heterocycles. The van der Waals surface area contributed by atoms with Crippen molar-refractivity contribution in [1.82, 2.24) is 0 Å². The van der Waals surface area contributed by atoms with Crippen LogP contribution in [0.15, 0.2) is 47.6 Å². The highest BCUT2D eigenvalue weighted by Gasteiger charge is 2.50. The van der Waals surface area contributed by atoms with Crippen LogP contribution in [-0.4, -0.2) is 48.8 Å². The fourth-order valence-corrected chi connectivity index (χ4v) is 9.72. The van der Waals surface area contributed by atoms with E-state index < -0.39 is 28.7 Å². The van der Waals surface area contributed by atoms with Gasteiger partial charge >= 0.3 is 16.5 Å². The van der Waals surface area contributed by atoms with E-state index in [0.717, 1.165) is 68.9 Å². The smallest absolute Gasteiger partial charge is 0.319 e. The van der Waals surface area contributed by atoms with E-state index in [-0.39, 0.29) is 5.41 Å². The summed E-state index contributed by atoms with van der Waals surface area (Å²) in [5.41, 5.74) is 3.51. The van der Waals surface area contributed by atoms with E-state index in [1.807, 2.05) is 13.8 Å². The summed E-state index contributed by atoms with van der Waals surface area (Å²) in [6.45, 7) is 14.8. The molecule has 0 bridgehead atoms. The molecule has 0 aliphatic heterocycles. The van der Waals surface area contributed by atoms with E-state index in [9.17, 15) is 19.3 Å². The number of allylic oxidation sites excluding steroid dienone is 5. The van der Waals surface area contributed by atoms with Gasteiger partial charge in [-0.2, -0.15) is 0 Å². The summed E-state index contributed by atoms with van der Waals surface area (Å²) in [6.07, 6.45) is 22.5. The van der Waals surface area contributed by atoms with Crippen molar-refractivity contribution in [3.8, 4) is 0 Å². The number of hydrogen-bond donors (Lipinski definition) is 2. The minimum absolute atomic E-state index is 0.258. The van der Waals surface area contributed by atoms with Crippen molar-refractivity contribution < 1.29 is 37.4 Å². The lowest BCUT2D eigenvalue weighted by Gasteiger charge is -2.44. The van der Waals surface area contributed by atoms with E-state index in [1.54, 1.807) is 0 Å². The molecule has 0 aromatic rings. The third-order valence-corrected chi connectivity index (χ3v) is 12.6. The van der Waals surface area contributed by atoms with Gasteiger partial charge in [0.05, 0.1) is 38.6 Å². The van der Waals surface area contributed by atoms with Crippen molar-refractivity contribution in [2.45, 2.75) is 136 Å². The van der Waals surface area contributed by atoms with Crippen molar-refractivity contribution >= 4 is 16.5 Å². The summed E-state index contributed by atoms with van der Waals surface area (Å²) >= 11 is 0. The van der Waals surface area contributed by atoms with Gasteiger partial charge in [-0.25, -0.2) is 0 Å². The number of rotatable bonds is 22. The van der Waals surface area contributed by atoms with Crippen molar-refractivity contribution in [2.75, 3.05) is 26.4 Å². The monoisotopic (exact) mass is 712 g/mol. The van der Waals surface area contributed by atoms with Gasteiger partial charge in [0.15, 0.2) is 0 Å². The quantitative estimate of drug-likeness (QED) is 0.0648. The maximum Gasteiger partial charge on any atom is 0.319 e. The minimum atomic E-state index is -2.39. The van der Waals surface area contributed by atoms with Gasteiger partial charge in [-0.3, -0.25) is 9.13 Å². The van der Waals surface area contributed by atoms with Gasteiger partial charge in [0, 0.05) is 6.42 Å². The summed E-state index contributed by atoms with van der Waals surface area (Å²) < 4.78 is 44.9. The molecular weight excluding hydrogens is 646 g/mol. The Morgan fingerprint density at radius 3 is 2.10 bits per heavy atom. The molecule has 276 valence electrons. The van der Waals surface area contributed by atoms with Gasteiger partial charge < -0.3 is 28.3 Å². The number of aliphatic hydroxyl groups excluding tert-OH is 2. The van der Waals surface area contributed by atoms with Crippen LogP contribution in [0.1, 0.15) is 124 Å². The Hall–Kier alpha value is -0.820. The van der Waals surface area contributed by atoms with Crippen molar-refractivity contribution in [2.24, 2.45) is 29.1 Å². The van der Waals surface area contributed by atoms with Gasteiger partial charge in [0.25, 0.3) is 0 Å². The highest BCUT2D eigenvalue weighted by Crippen LogP contribution is 2.59. The molecule has 8 atom stereocenters. The standard InChI is InChI=1S/C38H66O8P2/c1-6-23-43-47(41)45-25-10-8-13-31(14-9-11-26-46-48(42)44-24-7-2)17-16-29(3)35-20-21-36-32(15-12-22-38(35,36)5)18-19-33-27-34(39)28-37(40)30(33)4/h16-19,29,31,34-37,39-40,47-48H,4,6-15,20-28H2,1-3,5H3/t29-,34-,35-,36?,37+,38-/m1/s1. The van der Waals surface area contributed by atoms with E-state index in [1.165, 1.54) is 31.3 Å². The molecule has 3 saturated carbocycles. The van der Waals surface area contributed by atoms with Crippen LogP contribution in [0.4, 0.5) is 0 Å². The summed E-state index contributed by atoms with van der Waals surface area (Å²) in [5.74, 6) is 2.08. The van der Waals surface area contributed by atoms with Crippen LogP contribution in [0, 0.1) is 29.1 Å². The van der Waals surface area contributed by atoms with Gasteiger partial charge in [-0.1, -0.05) is 77.0 Å². The van der Waals surface area contributed by atoms with E-state index >= 15 is 0 Å². The topological polar surface area (TPSA) is 112 Å². The first-order valence-electron chi connectivity index (χ1n) is 18.8. The minimum Gasteiger partial charge on any atom is -0.393 e. The molecule has 0 heterocycles. The number of hydrogen-bond acceptors (Lipinski definition) is 8. The molecule has 2 N–H and O–H groups in total. The van der Waals surface area contributed by atoms with Gasteiger partial charge in [0.2, 0.25) is 0 Å². The first kappa shape index (κ1) is 41.6. The Morgan fingerprint density at radius 2 is 1.50 bits per heavy atom. The summed E-state index contributed by atoms with van der Waals surface area (Å²) in [4.78, 5) is 0. The molecule has 0 radical (unpaired) electrons. The Balaban J connectivity index is 1.59. The fraction of sp³-hybridized carbons (Fsp3) is 0.789. The molecule has 0 aromatic carbocycles. The average Bonchev–Trinajstić information content (AvgIpc) is 3.42. The number of aliphatic hydroxyl groups is 2. The summed E-state index contributed by atoms with van der Waals surface area (Å²) in [7, 11) is -4.79. The van der Waals surface area contributed by atoms with Crippen LogP contribution in [0.25, 0.3) is 0 Å². The van der Waals surface area contributed by atoms with Crippen LogP contribution < -0.4 is 0 Å². The zero-order chi connectivity index (χ0) is 34.9. The highest BCUT2D eigenvalue weighted by molar-refractivity contribution is 7.33. The lowest BCUT2D eigenvalue weighted by molar-refractivity contribution is 0.0862. The normalized spacial score (nSPS) is 30.6. The Bertz CT molecular complexity index is 1090. The molecule has 3 fully saturated rings. The summed E-state index contributed by atoms with van der Waals surface area (Å²) in [6, 6.07) is 0. The van der Waals surface area contributed by atoms with Crippen molar-refractivity contribution in [1.29, 1.82) is 0 Å². The fourth-order valence-electron chi connectivity index (χ4n) is 8.19. The lowest BCUT2D eigenvalue weighted by Crippen LogP contribution is -2.35. The van der Waals surface area contributed by atoms with Crippen LogP contribution in [0.3, 0.4) is 0 Å². The molecule has 0 aromatic heterocycles. The third-order valence-electron chi connectivity index (χ3n) is 10.9. The maximum atomic E-state index is 11.9. The van der Waals surface area contributed by atoms with E-state index in [2.05, 4.69) is 44.7 Å². The molecule has 8 nitrogen and oxygen atoms in total. The molecule has 0 spiro atoms. The van der Waals surface area contributed by atoms with Crippen molar-refractivity contribution in [3.05, 3.63) is 47.6 Å².